The first-order valence-corrected chi connectivity index (χ1v) is 3.12. The highest BCUT2D eigenvalue weighted by Gasteiger charge is 2.38. The second-order valence-electron chi connectivity index (χ2n) is 2.39. The van der Waals surface area contributed by atoms with Crippen molar-refractivity contribution in [1.82, 2.24) is 0 Å². The molecule has 0 saturated carbocycles. The van der Waals surface area contributed by atoms with Gasteiger partial charge in [0, 0.05) is 0 Å². The Bertz CT molecular complexity index is 120. The van der Waals surface area contributed by atoms with Crippen LogP contribution in [0.2, 0.25) is 0 Å². The molecule has 4 nitrogen and oxygen atoms in total. The van der Waals surface area contributed by atoms with Crippen molar-refractivity contribution in [3.8, 4) is 0 Å². The van der Waals surface area contributed by atoms with Crippen molar-refractivity contribution in [2.75, 3.05) is 6.61 Å². The maximum Gasteiger partial charge on any atom is 0.108 e. The van der Waals surface area contributed by atoms with Crippen LogP contribution in [-0.2, 0) is 4.74 Å². The average Bonchev–Trinajstić information content (AvgIpc) is 2.17. The second kappa shape index (κ2) is 2.84. The monoisotopic (exact) mass is 145 g/mol. The summed E-state index contributed by atoms with van der Waals surface area (Å²) >= 11 is 0. The molecule has 0 bridgehead atoms. The molecule has 1 fully saturated rings. The fourth-order valence-corrected chi connectivity index (χ4v) is 0.966. The Hall–Kier alpha value is -0.160. The third-order valence-electron chi connectivity index (χ3n) is 1.67. The average molecular weight is 145 g/mol. The van der Waals surface area contributed by atoms with Gasteiger partial charge in [0.05, 0.1) is 18.8 Å². The lowest BCUT2D eigenvalue weighted by Gasteiger charge is -2.11. The molecule has 0 aromatic heterocycles. The standard InChI is InChI=1S/C6H11NO3/c1-3-5(7)6(9)4(2-8)10-3/h1,3-6,8-9H,2,7H2/t3-,4+,5?,6-/m0/s1. The van der Waals surface area contributed by atoms with Crippen LogP contribution in [0.5, 0.6) is 0 Å². The van der Waals surface area contributed by atoms with Gasteiger partial charge in [0.25, 0.3) is 0 Å². The number of rotatable bonds is 1. The van der Waals surface area contributed by atoms with E-state index in [1.165, 1.54) is 0 Å². The number of ether oxygens (including phenoxy) is 1. The van der Waals surface area contributed by atoms with Gasteiger partial charge in [-0.05, 0) is 6.92 Å². The van der Waals surface area contributed by atoms with Crippen molar-refractivity contribution in [3.05, 3.63) is 6.92 Å². The summed E-state index contributed by atoms with van der Waals surface area (Å²) in [5.41, 5.74) is 5.38. The van der Waals surface area contributed by atoms with Gasteiger partial charge in [-0.2, -0.15) is 0 Å². The molecule has 1 saturated heterocycles. The Morgan fingerprint density at radius 1 is 1.60 bits per heavy atom. The normalized spacial score (nSPS) is 48.0. The number of hydrogen-bond donors (Lipinski definition) is 3. The van der Waals surface area contributed by atoms with Gasteiger partial charge in [0.15, 0.2) is 0 Å². The molecule has 4 heteroatoms. The van der Waals surface area contributed by atoms with Crippen LogP contribution in [0.4, 0.5) is 0 Å². The molecule has 0 spiro atoms. The van der Waals surface area contributed by atoms with Crippen LogP contribution in [0, 0.1) is 6.92 Å². The smallest absolute Gasteiger partial charge is 0.108 e. The van der Waals surface area contributed by atoms with E-state index >= 15 is 0 Å². The van der Waals surface area contributed by atoms with E-state index in [0.717, 1.165) is 0 Å². The maximum absolute atomic E-state index is 9.14. The minimum absolute atomic E-state index is 0.247. The lowest BCUT2D eigenvalue weighted by atomic mass is 10.1. The molecule has 10 heavy (non-hydrogen) atoms. The zero-order valence-electron chi connectivity index (χ0n) is 5.47. The molecule has 1 unspecified atom stereocenters. The van der Waals surface area contributed by atoms with E-state index in [9.17, 15) is 0 Å². The molecule has 4 N–H and O–H groups in total. The quantitative estimate of drug-likeness (QED) is 0.404. The minimum atomic E-state index is -0.847. The van der Waals surface area contributed by atoms with Gasteiger partial charge < -0.3 is 20.7 Å². The highest BCUT2D eigenvalue weighted by atomic mass is 16.5. The van der Waals surface area contributed by atoms with Gasteiger partial charge in [-0.3, -0.25) is 0 Å². The molecule has 4 atom stereocenters. The fraction of sp³-hybridized carbons (Fsp3) is 0.833. The van der Waals surface area contributed by atoms with Gasteiger partial charge in [-0.15, -0.1) is 0 Å². The SMILES string of the molecule is [CH][C@@H]1O[C@H](CO)[C@H](O)C1N. The largest absolute Gasteiger partial charge is 0.394 e. The van der Waals surface area contributed by atoms with E-state index in [1.54, 1.807) is 0 Å². The summed E-state index contributed by atoms with van der Waals surface area (Å²) in [6.07, 6.45) is -2.13. The number of nitrogens with two attached hydrogens (primary N) is 1. The van der Waals surface area contributed by atoms with Crippen molar-refractivity contribution < 1.29 is 14.9 Å². The molecule has 0 aliphatic carbocycles. The predicted molar refractivity (Wildman–Crippen MR) is 34.0 cm³/mol. The Morgan fingerprint density at radius 3 is 2.40 bits per heavy atom. The summed E-state index contributed by atoms with van der Waals surface area (Å²) in [6, 6.07) is -0.586. The summed E-state index contributed by atoms with van der Waals surface area (Å²) in [5.74, 6) is 0. The second-order valence-corrected chi connectivity index (χ2v) is 2.39. The first-order valence-electron chi connectivity index (χ1n) is 3.12. The van der Waals surface area contributed by atoms with Gasteiger partial charge in [-0.1, -0.05) is 0 Å². The van der Waals surface area contributed by atoms with E-state index in [-0.39, 0.29) is 6.61 Å². The summed E-state index contributed by atoms with van der Waals surface area (Å²) in [4.78, 5) is 0. The molecular formula is C6H11NO3. The third-order valence-corrected chi connectivity index (χ3v) is 1.67. The number of aliphatic hydroxyl groups is 2. The van der Waals surface area contributed by atoms with Gasteiger partial charge in [0.1, 0.15) is 12.2 Å². The first kappa shape index (κ1) is 7.94. The van der Waals surface area contributed by atoms with Crippen LogP contribution >= 0.6 is 0 Å². The maximum atomic E-state index is 9.14. The Kier molecular flexibility index (Phi) is 2.25. The highest BCUT2D eigenvalue weighted by molar-refractivity contribution is 4.94. The molecule has 1 rings (SSSR count). The Balaban J connectivity index is 2.53. The fourth-order valence-electron chi connectivity index (χ4n) is 0.966. The van der Waals surface area contributed by atoms with Gasteiger partial charge >= 0.3 is 0 Å². The molecular weight excluding hydrogens is 134 g/mol. The van der Waals surface area contributed by atoms with Crippen LogP contribution in [0.25, 0.3) is 0 Å². The molecule has 58 valence electrons. The highest BCUT2D eigenvalue weighted by Crippen LogP contribution is 2.17. The molecule has 0 aromatic carbocycles. The van der Waals surface area contributed by atoms with E-state index < -0.39 is 24.4 Å². The molecule has 1 aliphatic heterocycles. The van der Waals surface area contributed by atoms with Crippen molar-refractivity contribution >= 4 is 0 Å². The Labute approximate surface area is 59.6 Å². The lowest BCUT2D eigenvalue weighted by molar-refractivity contribution is -0.0113. The lowest BCUT2D eigenvalue weighted by Crippen LogP contribution is -2.40. The molecule has 2 radical (unpaired) electrons. The zero-order valence-corrected chi connectivity index (χ0v) is 5.47. The van der Waals surface area contributed by atoms with Crippen LogP contribution in [0.1, 0.15) is 0 Å². The van der Waals surface area contributed by atoms with Crippen LogP contribution < -0.4 is 5.73 Å². The molecule has 0 amide bonds. The molecule has 0 aromatic rings. The van der Waals surface area contributed by atoms with Gasteiger partial charge in [-0.25, -0.2) is 0 Å². The topological polar surface area (TPSA) is 75.7 Å². The minimum Gasteiger partial charge on any atom is -0.394 e. The van der Waals surface area contributed by atoms with Crippen molar-refractivity contribution in [1.29, 1.82) is 0 Å². The van der Waals surface area contributed by atoms with Crippen LogP contribution in [-0.4, -0.2) is 41.2 Å². The van der Waals surface area contributed by atoms with E-state index in [2.05, 4.69) is 0 Å². The van der Waals surface area contributed by atoms with E-state index in [4.69, 9.17) is 27.6 Å². The van der Waals surface area contributed by atoms with Crippen LogP contribution in [0.3, 0.4) is 0 Å². The number of aliphatic hydroxyl groups excluding tert-OH is 2. The Morgan fingerprint density at radius 2 is 2.20 bits per heavy atom. The predicted octanol–water partition coefficient (Wildman–Crippen LogP) is -1.85. The van der Waals surface area contributed by atoms with Crippen molar-refractivity contribution in [3.63, 3.8) is 0 Å². The van der Waals surface area contributed by atoms with Crippen molar-refractivity contribution in [2.24, 2.45) is 5.73 Å². The summed E-state index contributed by atoms with van der Waals surface area (Å²) < 4.78 is 4.89. The third kappa shape index (κ3) is 1.15. The van der Waals surface area contributed by atoms with E-state index in [1.807, 2.05) is 0 Å². The zero-order chi connectivity index (χ0) is 7.72. The summed E-state index contributed by atoms with van der Waals surface area (Å²) in [7, 11) is 0. The number of hydrogen-bond acceptors (Lipinski definition) is 4. The van der Waals surface area contributed by atoms with Crippen molar-refractivity contribution in [2.45, 2.75) is 24.4 Å². The first-order chi connectivity index (χ1) is 4.66. The summed E-state index contributed by atoms with van der Waals surface area (Å²) in [5, 5.41) is 17.7. The molecule has 1 heterocycles. The van der Waals surface area contributed by atoms with E-state index in [0.29, 0.717) is 0 Å². The van der Waals surface area contributed by atoms with Gasteiger partial charge in [0.2, 0.25) is 0 Å². The molecule has 1 aliphatic rings. The summed E-state index contributed by atoms with van der Waals surface area (Å²) in [6.45, 7) is 5.07. The van der Waals surface area contributed by atoms with Crippen LogP contribution in [0.15, 0.2) is 0 Å².